The normalized spacial score (nSPS) is 10.8. The molecule has 0 heterocycles. The molecule has 0 saturated carbocycles. The lowest BCUT2D eigenvalue weighted by atomic mass is 10.2. The molecule has 0 fully saturated rings. The van der Waals surface area contributed by atoms with Gasteiger partial charge in [0, 0.05) is 18.8 Å². The number of nitrogens with zero attached hydrogens (tertiary/aromatic N) is 1. The largest absolute Gasteiger partial charge is 0.383 e. The molecule has 0 spiro atoms. The molecule has 16 heavy (non-hydrogen) atoms. The van der Waals surface area contributed by atoms with Crippen LogP contribution in [0.5, 0.6) is 0 Å². The Balaban J connectivity index is 2.45. The molecule has 3 heteroatoms. The molecular formula is C13H21FN2. The summed E-state index contributed by atoms with van der Waals surface area (Å²) in [5.74, 6) is -0.184. The van der Waals surface area contributed by atoms with Gasteiger partial charge in [0.1, 0.15) is 5.82 Å². The lowest BCUT2D eigenvalue weighted by Gasteiger charge is -2.19. The predicted molar refractivity (Wildman–Crippen MR) is 67.4 cm³/mol. The molecule has 1 N–H and O–H groups in total. The Kier molecular flexibility index (Phi) is 5.26. The molecule has 2 nitrogen and oxygen atoms in total. The van der Waals surface area contributed by atoms with E-state index >= 15 is 0 Å². The molecule has 0 saturated heterocycles. The van der Waals surface area contributed by atoms with Gasteiger partial charge in [-0.3, -0.25) is 0 Å². The van der Waals surface area contributed by atoms with Gasteiger partial charge in [-0.15, -0.1) is 0 Å². The lowest BCUT2D eigenvalue weighted by molar-refractivity contribution is 0.316. The number of hydrogen-bond donors (Lipinski definition) is 1. The van der Waals surface area contributed by atoms with Crippen LogP contribution in [0.2, 0.25) is 0 Å². The van der Waals surface area contributed by atoms with Gasteiger partial charge in [-0.2, -0.15) is 0 Å². The van der Waals surface area contributed by atoms with Gasteiger partial charge in [0.25, 0.3) is 0 Å². The average molecular weight is 224 g/mol. The summed E-state index contributed by atoms with van der Waals surface area (Å²) < 4.78 is 13.0. The van der Waals surface area contributed by atoms with Crippen molar-refractivity contribution in [3.63, 3.8) is 0 Å². The zero-order valence-corrected chi connectivity index (χ0v) is 10.4. The molecule has 0 aliphatic heterocycles. The summed E-state index contributed by atoms with van der Waals surface area (Å²) in [6.07, 6.45) is 0. The second kappa shape index (κ2) is 6.48. The number of hydrogen-bond acceptors (Lipinski definition) is 2. The van der Waals surface area contributed by atoms with E-state index in [4.69, 9.17) is 0 Å². The van der Waals surface area contributed by atoms with E-state index < -0.39 is 0 Å². The molecule has 90 valence electrons. The minimum Gasteiger partial charge on any atom is -0.383 e. The summed E-state index contributed by atoms with van der Waals surface area (Å²) in [7, 11) is 0. The summed E-state index contributed by atoms with van der Waals surface area (Å²) in [6, 6.07) is 4.84. The van der Waals surface area contributed by atoms with E-state index in [1.807, 2.05) is 6.92 Å². The van der Waals surface area contributed by atoms with Crippen molar-refractivity contribution in [1.82, 2.24) is 4.90 Å². The second-order valence-electron chi connectivity index (χ2n) is 3.91. The van der Waals surface area contributed by atoms with E-state index in [1.54, 1.807) is 12.1 Å². The molecule has 1 rings (SSSR count). The highest BCUT2D eigenvalue weighted by molar-refractivity contribution is 5.50. The van der Waals surface area contributed by atoms with Gasteiger partial charge >= 0.3 is 0 Å². The summed E-state index contributed by atoms with van der Waals surface area (Å²) in [6.45, 7) is 10.2. The third-order valence-corrected chi connectivity index (χ3v) is 2.84. The van der Waals surface area contributed by atoms with Crippen molar-refractivity contribution in [3.05, 3.63) is 29.6 Å². The van der Waals surface area contributed by atoms with Gasteiger partial charge < -0.3 is 10.2 Å². The zero-order chi connectivity index (χ0) is 12.0. The molecule has 0 unspecified atom stereocenters. The number of halogens is 1. The van der Waals surface area contributed by atoms with Crippen molar-refractivity contribution in [2.75, 3.05) is 31.5 Å². The number of anilines is 1. The summed E-state index contributed by atoms with van der Waals surface area (Å²) in [5, 5.41) is 3.27. The molecular weight excluding hydrogens is 203 g/mol. The molecule has 0 atom stereocenters. The van der Waals surface area contributed by atoms with Crippen LogP contribution in [0.3, 0.4) is 0 Å². The van der Waals surface area contributed by atoms with Crippen LogP contribution < -0.4 is 5.32 Å². The molecule has 0 bridgehead atoms. The highest BCUT2D eigenvalue weighted by atomic mass is 19.1. The highest BCUT2D eigenvalue weighted by Crippen LogP contribution is 2.15. The van der Waals surface area contributed by atoms with Crippen LogP contribution in [0.25, 0.3) is 0 Å². The minimum atomic E-state index is -0.184. The van der Waals surface area contributed by atoms with E-state index in [0.717, 1.165) is 37.4 Å². The van der Waals surface area contributed by atoms with Gasteiger partial charge in [-0.05, 0) is 37.7 Å². The minimum absolute atomic E-state index is 0.184. The first-order chi connectivity index (χ1) is 7.67. The molecule has 1 aromatic rings. The maximum absolute atomic E-state index is 13.0. The number of benzene rings is 1. The number of nitrogens with one attached hydrogen (secondary N) is 1. The van der Waals surface area contributed by atoms with E-state index in [0.29, 0.717) is 0 Å². The van der Waals surface area contributed by atoms with Crippen LogP contribution in [0.15, 0.2) is 18.2 Å². The quantitative estimate of drug-likeness (QED) is 0.799. The third kappa shape index (κ3) is 3.81. The first kappa shape index (κ1) is 13.0. The van der Waals surface area contributed by atoms with Crippen LogP contribution in [0.1, 0.15) is 19.4 Å². The topological polar surface area (TPSA) is 15.3 Å². The van der Waals surface area contributed by atoms with Crippen molar-refractivity contribution in [3.8, 4) is 0 Å². The maximum atomic E-state index is 13.0. The van der Waals surface area contributed by atoms with E-state index in [9.17, 15) is 4.39 Å². The Morgan fingerprint density at radius 2 is 1.94 bits per heavy atom. The lowest BCUT2D eigenvalue weighted by Crippen LogP contribution is -2.28. The van der Waals surface area contributed by atoms with Crippen molar-refractivity contribution in [2.45, 2.75) is 20.8 Å². The average Bonchev–Trinajstić information content (AvgIpc) is 2.29. The van der Waals surface area contributed by atoms with Gasteiger partial charge in [0.05, 0.1) is 0 Å². The fourth-order valence-electron chi connectivity index (χ4n) is 1.67. The number of aryl methyl sites for hydroxylation is 1. The summed E-state index contributed by atoms with van der Waals surface area (Å²) in [5.41, 5.74) is 1.98. The Bertz CT molecular complexity index is 322. The molecule has 0 radical (unpaired) electrons. The number of rotatable bonds is 6. The van der Waals surface area contributed by atoms with Crippen LogP contribution >= 0.6 is 0 Å². The summed E-state index contributed by atoms with van der Waals surface area (Å²) in [4.78, 5) is 2.33. The first-order valence-electron chi connectivity index (χ1n) is 5.89. The van der Waals surface area contributed by atoms with Gasteiger partial charge in [-0.25, -0.2) is 4.39 Å². The van der Waals surface area contributed by atoms with Gasteiger partial charge in [0.2, 0.25) is 0 Å². The van der Waals surface area contributed by atoms with E-state index in [-0.39, 0.29) is 5.82 Å². The number of likely N-dealkylation sites (N-methyl/N-ethyl adjacent to an activating group) is 1. The van der Waals surface area contributed by atoms with E-state index in [2.05, 4.69) is 24.1 Å². The third-order valence-electron chi connectivity index (χ3n) is 2.84. The zero-order valence-electron chi connectivity index (χ0n) is 10.4. The Labute approximate surface area is 97.5 Å². The predicted octanol–water partition coefficient (Wildman–Crippen LogP) is 2.89. The van der Waals surface area contributed by atoms with Gasteiger partial charge in [-0.1, -0.05) is 19.9 Å². The fraction of sp³-hybridized carbons (Fsp3) is 0.538. The monoisotopic (exact) mass is 224 g/mol. The highest BCUT2D eigenvalue weighted by Gasteiger charge is 2.01. The maximum Gasteiger partial charge on any atom is 0.125 e. The van der Waals surface area contributed by atoms with Crippen molar-refractivity contribution in [1.29, 1.82) is 0 Å². The Morgan fingerprint density at radius 1 is 1.25 bits per heavy atom. The van der Waals surface area contributed by atoms with Crippen LogP contribution in [0.4, 0.5) is 10.1 Å². The Hall–Kier alpha value is -1.09. The Morgan fingerprint density at radius 3 is 2.56 bits per heavy atom. The molecule has 0 amide bonds. The van der Waals surface area contributed by atoms with Crippen LogP contribution in [-0.4, -0.2) is 31.1 Å². The van der Waals surface area contributed by atoms with Crippen LogP contribution in [0, 0.1) is 12.7 Å². The molecule has 0 aliphatic rings. The fourth-order valence-corrected chi connectivity index (χ4v) is 1.67. The van der Waals surface area contributed by atoms with Crippen LogP contribution in [-0.2, 0) is 0 Å². The smallest absolute Gasteiger partial charge is 0.125 e. The summed E-state index contributed by atoms with van der Waals surface area (Å²) >= 11 is 0. The first-order valence-corrected chi connectivity index (χ1v) is 5.89. The van der Waals surface area contributed by atoms with Crippen molar-refractivity contribution >= 4 is 5.69 Å². The molecule has 1 aromatic carbocycles. The second-order valence-corrected chi connectivity index (χ2v) is 3.91. The SMILES string of the molecule is CCN(CC)CCNc1cc(F)ccc1C. The molecule has 0 aliphatic carbocycles. The van der Waals surface area contributed by atoms with E-state index in [1.165, 1.54) is 6.07 Å². The molecule has 0 aromatic heterocycles. The standard InChI is InChI=1S/C13H21FN2/c1-4-16(5-2)9-8-15-13-10-12(14)7-6-11(13)3/h6-7,10,15H,4-5,8-9H2,1-3H3. The van der Waals surface area contributed by atoms with Crippen molar-refractivity contribution in [2.24, 2.45) is 0 Å². The van der Waals surface area contributed by atoms with Crippen molar-refractivity contribution < 1.29 is 4.39 Å². The van der Waals surface area contributed by atoms with Gasteiger partial charge in [0.15, 0.2) is 0 Å².